The van der Waals surface area contributed by atoms with Crippen molar-refractivity contribution in [1.29, 1.82) is 0 Å². The number of nitrogens with zero attached hydrogens (tertiary/aromatic N) is 2. The molecule has 1 aliphatic rings. The predicted octanol–water partition coefficient (Wildman–Crippen LogP) is 3.55. The van der Waals surface area contributed by atoms with Crippen molar-refractivity contribution in [3.63, 3.8) is 0 Å². The molecule has 1 aromatic heterocycles. The summed E-state index contributed by atoms with van der Waals surface area (Å²) in [5.41, 5.74) is 7.71. The van der Waals surface area contributed by atoms with Gasteiger partial charge in [-0.15, -0.1) is 0 Å². The minimum Gasteiger partial charge on any atom is -0.497 e. The van der Waals surface area contributed by atoms with Crippen molar-refractivity contribution in [1.82, 2.24) is 10.4 Å². The number of amidine groups is 1. The van der Waals surface area contributed by atoms with Crippen LogP contribution in [0.2, 0.25) is 0 Å². The Balaban J connectivity index is 1.78. The van der Waals surface area contributed by atoms with E-state index in [0.717, 1.165) is 39.3 Å². The van der Waals surface area contributed by atoms with Crippen LogP contribution >= 0.6 is 11.8 Å². The molecule has 8 heteroatoms. The Morgan fingerprint density at radius 2 is 2.04 bits per heavy atom. The van der Waals surface area contributed by atoms with E-state index in [2.05, 4.69) is 20.5 Å². The van der Waals surface area contributed by atoms with Crippen LogP contribution in [0.4, 0.5) is 5.69 Å². The number of hydrazone groups is 1. The summed E-state index contributed by atoms with van der Waals surface area (Å²) in [5.74, 6) is 1.12. The maximum absolute atomic E-state index is 12.2. The second kappa shape index (κ2) is 8.30. The molecule has 0 fully saturated rings. The zero-order valence-electron chi connectivity index (χ0n) is 15.8. The maximum atomic E-state index is 12.2. The Hall–Kier alpha value is -2.74. The van der Waals surface area contributed by atoms with Gasteiger partial charge in [0.25, 0.3) is 0 Å². The number of methoxy groups -OCH3 is 1. The van der Waals surface area contributed by atoms with E-state index < -0.39 is 0 Å². The first-order valence-corrected chi connectivity index (χ1v) is 9.56. The average molecular weight is 386 g/mol. The first kappa shape index (κ1) is 19.0. The number of benzene rings is 1. The van der Waals surface area contributed by atoms with Crippen LogP contribution in [0.15, 0.2) is 34.4 Å². The third-order valence-corrected chi connectivity index (χ3v) is 5.01. The summed E-state index contributed by atoms with van der Waals surface area (Å²) in [6.07, 6.45) is 0. The van der Waals surface area contributed by atoms with E-state index in [-0.39, 0.29) is 5.97 Å². The second-order valence-electron chi connectivity index (χ2n) is 5.92. The number of esters is 1. The quantitative estimate of drug-likeness (QED) is 0.768. The number of aromatic amines is 1. The van der Waals surface area contributed by atoms with Gasteiger partial charge in [-0.05, 0) is 50.6 Å². The van der Waals surface area contributed by atoms with Crippen molar-refractivity contribution in [2.24, 2.45) is 10.1 Å². The summed E-state index contributed by atoms with van der Waals surface area (Å²) >= 11 is 1.55. The van der Waals surface area contributed by atoms with Crippen molar-refractivity contribution in [3.8, 4) is 5.75 Å². The smallest absolute Gasteiger partial charge is 0.340 e. The molecule has 2 heterocycles. The van der Waals surface area contributed by atoms with E-state index in [4.69, 9.17) is 9.47 Å². The van der Waals surface area contributed by atoms with E-state index >= 15 is 0 Å². The standard InChI is InChI=1S/C19H22N4O3S/c1-5-26-18(24)16-11(2)17(20-12(16)3)15-10-27-19(23-22-15)21-13-6-8-14(25-4)9-7-13/h6-9,20H,5,10H2,1-4H3,(H,21,23). The molecule has 2 N–H and O–H groups in total. The van der Waals surface area contributed by atoms with Crippen molar-refractivity contribution >= 4 is 34.3 Å². The van der Waals surface area contributed by atoms with Crippen molar-refractivity contribution in [3.05, 3.63) is 46.8 Å². The Bertz CT molecular complexity index is 900. The van der Waals surface area contributed by atoms with E-state index in [1.807, 2.05) is 38.1 Å². The van der Waals surface area contributed by atoms with Crippen molar-refractivity contribution in [2.45, 2.75) is 20.8 Å². The number of hydrogen-bond acceptors (Lipinski definition) is 6. The number of aliphatic imine (C=N–C) groups is 1. The molecule has 0 atom stereocenters. The second-order valence-corrected chi connectivity index (χ2v) is 6.88. The van der Waals surface area contributed by atoms with Gasteiger partial charge in [0.2, 0.25) is 0 Å². The highest BCUT2D eigenvalue weighted by Crippen LogP contribution is 2.24. The zero-order valence-corrected chi connectivity index (χ0v) is 16.6. The van der Waals surface area contributed by atoms with E-state index in [9.17, 15) is 4.79 Å². The summed E-state index contributed by atoms with van der Waals surface area (Å²) < 4.78 is 10.3. The summed E-state index contributed by atoms with van der Waals surface area (Å²) in [5, 5.41) is 5.16. The SMILES string of the molecule is CCOC(=O)c1c(C)[nH]c(C2=NNC(=Nc3ccc(OC)cc3)SC2)c1C. The van der Waals surface area contributed by atoms with Crippen molar-refractivity contribution < 1.29 is 14.3 Å². The van der Waals surface area contributed by atoms with Gasteiger partial charge in [-0.25, -0.2) is 9.79 Å². The molecular weight excluding hydrogens is 364 g/mol. The molecule has 0 saturated heterocycles. The highest BCUT2D eigenvalue weighted by Gasteiger charge is 2.23. The lowest BCUT2D eigenvalue weighted by atomic mass is 10.1. The minimum atomic E-state index is -0.311. The van der Waals surface area contributed by atoms with Gasteiger partial charge in [0.05, 0.1) is 36.4 Å². The lowest BCUT2D eigenvalue weighted by Gasteiger charge is -2.14. The number of ether oxygens (including phenoxy) is 2. The minimum absolute atomic E-state index is 0.311. The number of rotatable bonds is 5. The molecule has 0 saturated carbocycles. The monoisotopic (exact) mass is 386 g/mol. The largest absolute Gasteiger partial charge is 0.497 e. The molecule has 2 aromatic rings. The Labute approximate surface area is 162 Å². The molecule has 0 aliphatic carbocycles. The van der Waals surface area contributed by atoms with Crippen LogP contribution in [0.3, 0.4) is 0 Å². The lowest BCUT2D eigenvalue weighted by molar-refractivity contribution is 0.0525. The van der Waals surface area contributed by atoms with Crippen LogP contribution in [0.5, 0.6) is 5.75 Å². The summed E-state index contributed by atoms with van der Waals surface area (Å²) in [6, 6.07) is 7.50. The van der Waals surface area contributed by atoms with Gasteiger partial charge in [-0.1, -0.05) is 11.8 Å². The van der Waals surface area contributed by atoms with E-state index in [0.29, 0.717) is 17.9 Å². The fraction of sp³-hybridized carbons (Fsp3) is 0.316. The molecule has 142 valence electrons. The third kappa shape index (κ3) is 4.16. The first-order valence-electron chi connectivity index (χ1n) is 8.58. The number of thioether (sulfide) groups is 1. The maximum Gasteiger partial charge on any atom is 0.340 e. The van der Waals surface area contributed by atoms with Gasteiger partial charge in [-0.3, -0.25) is 5.43 Å². The molecule has 27 heavy (non-hydrogen) atoms. The van der Waals surface area contributed by atoms with E-state index in [1.165, 1.54) is 0 Å². The van der Waals surface area contributed by atoms with Gasteiger partial charge in [0.1, 0.15) is 5.75 Å². The number of H-pyrrole nitrogens is 1. The van der Waals surface area contributed by atoms with Gasteiger partial charge in [-0.2, -0.15) is 5.10 Å². The number of carbonyl (C=O) groups excluding carboxylic acids is 1. The van der Waals surface area contributed by atoms with Crippen LogP contribution in [0, 0.1) is 13.8 Å². The zero-order chi connectivity index (χ0) is 19.4. The van der Waals surface area contributed by atoms with Crippen LogP contribution in [-0.2, 0) is 4.74 Å². The molecule has 3 rings (SSSR count). The molecule has 1 aliphatic heterocycles. The highest BCUT2D eigenvalue weighted by molar-refractivity contribution is 8.14. The summed E-state index contributed by atoms with van der Waals surface area (Å²) in [6.45, 7) is 5.91. The van der Waals surface area contributed by atoms with Gasteiger partial charge in [0, 0.05) is 11.4 Å². The molecule has 0 bridgehead atoms. The number of nitrogens with one attached hydrogen (secondary N) is 2. The Morgan fingerprint density at radius 1 is 1.30 bits per heavy atom. The molecule has 7 nitrogen and oxygen atoms in total. The molecule has 0 amide bonds. The average Bonchev–Trinajstić information content (AvgIpc) is 2.97. The van der Waals surface area contributed by atoms with Crippen LogP contribution in [-0.4, -0.2) is 41.3 Å². The third-order valence-electron chi connectivity index (χ3n) is 4.14. The number of aromatic nitrogens is 1. The fourth-order valence-corrected chi connectivity index (χ4v) is 3.59. The lowest BCUT2D eigenvalue weighted by Crippen LogP contribution is -2.25. The highest BCUT2D eigenvalue weighted by atomic mass is 32.2. The Morgan fingerprint density at radius 3 is 2.63 bits per heavy atom. The van der Waals surface area contributed by atoms with Gasteiger partial charge < -0.3 is 14.5 Å². The molecule has 0 unspecified atom stereocenters. The molecule has 0 spiro atoms. The fourth-order valence-electron chi connectivity index (χ4n) is 2.82. The number of hydrogen-bond donors (Lipinski definition) is 2. The predicted molar refractivity (Wildman–Crippen MR) is 108 cm³/mol. The van der Waals surface area contributed by atoms with Crippen LogP contribution < -0.4 is 10.2 Å². The Kier molecular flexibility index (Phi) is 5.85. The van der Waals surface area contributed by atoms with Gasteiger partial charge in [0.15, 0.2) is 5.17 Å². The first-order chi connectivity index (χ1) is 13.0. The molecule has 1 aromatic carbocycles. The normalized spacial score (nSPS) is 15.3. The molecule has 0 radical (unpaired) electrons. The number of carbonyl (C=O) groups is 1. The van der Waals surface area contributed by atoms with Crippen molar-refractivity contribution in [2.75, 3.05) is 19.5 Å². The van der Waals surface area contributed by atoms with Gasteiger partial charge >= 0.3 is 5.97 Å². The number of aryl methyl sites for hydroxylation is 1. The van der Waals surface area contributed by atoms with Crippen LogP contribution in [0.1, 0.15) is 34.2 Å². The summed E-state index contributed by atoms with van der Waals surface area (Å²) in [7, 11) is 1.63. The molecular formula is C19H22N4O3S. The van der Waals surface area contributed by atoms with Crippen LogP contribution in [0.25, 0.3) is 0 Å². The van der Waals surface area contributed by atoms with E-state index in [1.54, 1.807) is 25.8 Å². The summed E-state index contributed by atoms with van der Waals surface area (Å²) in [4.78, 5) is 20.0. The topological polar surface area (TPSA) is 88.1 Å².